The molecule has 0 saturated carbocycles. The van der Waals surface area contributed by atoms with Crippen LogP contribution in [0.4, 0.5) is 11.5 Å². The highest BCUT2D eigenvalue weighted by Crippen LogP contribution is 2.66. The van der Waals surface area contributed by atoms with Gasteiger partial charge in [0.1, 0.15) is 33.2 Å². The molecule has 13 N–H and O–H groups in total. The predicted octanol–water partition coefficient (Wildman–Crippen LogP) is -1.25. The molecule has 3 aromatic rings. The first kappa shape index (κ1) is 54.6. The molecule has 1 saturated heterocycles. The maximum absolute atomic E-state index is 14.1. The third-order valence-corrected chi connectivity index (χ3v) is 15.8. The lowest BCUT2D eigenvalue weighted by Crippen LogP contribution is -2.47. The Morgan fingerprint density at radius 3 is 2.37 bits per heavy atom. The van der Waals surface area contributed by atoms with Crippen LogP contribution in [-0.4, -0.2) is 116 Å². The number of hydrogen-bond donors (Lipinski definition) is 10. The van der Waals surface area contributed by atoms with Crippen LogP contribution in [-0.2, 0) is 56.6 Å². The van der Waals surface area contributed by atoms with Crippen LogP contribution >= 0.6 is 23.5 Å². The number of aromatic nitrogens is 2. The molecular weight excluding hydrogens is 1050 g/mol. The SMILES string of the molecule is CN(CCCC(=O)NCC#Cc1cn([C@H]2C[C@H](O)[C@@H](COP(=O)(O)OP(=O)(O)OP(=O)(O)O)O2)c(=O)nc1N)C(=O)c1ccccc1-c1c2ccc(=[NH2+])c(S(=O)(=O)O)c-2oc2c(S(=O)(=O)[O-])c(N)ccc12. The van der Waals surface area contributed by atoms with Crippen molar-refractivity contribution < 1.29 is 102 Å². The van der Waals surface area contributed by atoms with Crippen LogP contribution < -0.4 is 33.2 Å². The van der Waals surface area contributed by atoms with E-state index in [1.54, 1.807) is 0 Å². The van der Waals surface area contributed by atoms with Crippen molar-refractivity contribution in [2.75, 3.05) is 38.2 Å². The average Bonchev–Trinajstić information content (AvgIpc) is 3.61. The monoisotopic (exact) mass is 1090 g/mol. The van der Waals surface area contributed by atoms with Crippen molar-refractivity contribution in [2.45, 2.75) is 47.5 Å². The van der Waals surface area contributed by atoms with Crippen molar-refractivity contribution in [1.82, 2.24) is 19.8 Å². The van der Waals surface area contributed by atoms with Crippen molar-refractivity contribution in [2.24, 2.45) is 0 Å². The number of phosphoric acid groups is 3. The van der Waals surface area contributed by atoms with Crippen molar-refractivity contribution in [3.63, 3.8) is 0 Å². The van der Waals surface area contributed by atoms with Crippen LogP contribution in [0.3, 0.4) is 0 Å². The first-order valence-electron chi connectivity index (χ1n) is 19.8. The number of nitrogens with two attached hydrogens (primary N) is 3. The summed E-state index contributed by atoms with van der Waals surface area (Å²) in [6, 6.07) is 10.8. The van der Waals surface area contributed by atoms with Gasteiger partial charge in [0.25, 0.3) is 5.91 Å². The molecular formula is C37H40N7O22P3S2. The van der Waals surface area contributed by atoms with Crippen LogP contribution in [0.2, 0.25) is 0 Å². The van der Waals surface area contributed by atoms with E-state index in [4.69, 9.17) is 35.8 Å². The molecule has 2 amide bonds. The van der Waals surface area contributed by atoms with E-state index < -0.39 is 118 Å². The first-order chi connectivity index (χ1) is 32.9. The van der Waals surface area contributed by atoms with E-state index in [9.17, 15) is 68.9 Å². The predicted molar refractivity (Wildman–Crippen MR) is 239 cm³/mol. The van der Waals surface area contributed by atoms with Gasteiger partial charge in [-0.2, -0.15) is 22.0 Å². The summed E-state index contributed by atoms with van der Waals surface area (Å²) in [4.78, 5) is 78.9. The quantitative estimate of drug-likeness (QED) is 0.0171. The van der Waals surface area contributed by atoms with Crippen LogP contribution in [0.15, 0.2) is 73.7 Å². The van der Waals surface area contributed by atoms with Crippen LogP contribution in [0.25, 0.3) is 33.4 Å². The summed E-state index contributed by atoms with van der Waals surface area (Å²) in [5.74, 6) is 3.16. The Kier molecular flexibility index (Phi) is 16.0. The number of anilines is 2. The molecule has 2 aliphatic heterocycles. The molecule has 71 heavy (non-hydrogen) atoms. The molecule has 2 aromatic carbocycles. The smallest absolute Gasteiger partial charge is 0.490 e. The molecule has 5 atom stereocenters. The van der Waals surface area contributed by atoms with Crippen molar-refractivity contribution in [3.05, 3.63) is 81.7 Å². The second-order valence-corrected chi connectivity index (χ2v) is 22.2. The van der Waals surface area contributed by atoms with E-state index >= 15 is 0 Å². The van der Waals surface area contributed by atoms with E-state index in [-0.39, 0.29) is 71.4 Å². The third kappa shape index (κ3) is 13.0. The molecule has 1 aromatic heterocycles. The molecule has 1 fully saturated rings. The number of hydrogen-bond acceptors (Lipinski definition) is 20. The summed E-state index contributed by atoms with van der Waals surface area (Å²) in [5.41, 5.74) is 9.58. The summed E-state index contributed by atoms with van der Waals surface area (Å²) in [6.07, 6.45) is -3.50. The zero-order valence-corrected chi connectivity index (χ0v) is 40.4. The maximum Gasteiger partial charge on any atom is 0.490 e. The summed E-state index contributed by atoms with van der Waals surface area (Å²) >= 11 is 0. The van der Waals surface area contributed by atoms with Crippen molar-refractivity contribution >= 4 is 78.0 Å². The Morgan fingerprint density at radius 1 is 1.01 bits per heavy atom. The van der Waals surface area contributed by atoms with Gasteiger partial charge in [0, 0.05) is 60.8 Å². The summed E-state index contributed by atoms with van der Waals surface area (Å²) in [7, 11) is -26.1. The Morgan fingerprint density at radius 2 is 1.70 bits per heavy atom. The number of aliphatic hydroxyl groups is 1. The number of nitrogen functional groups attached to an aromatic ring is 2. The Bertz CT molecular complexity index is 3500. The lowest BCUT2D eigenvalue weighted by atomic mass is 9.90. The minimum absolute atomic E-state index is 0.00130. The molecule has 29 nitrogen and oxygen atoms in total. The zero-order chi connectivity index (χ0) is 52.6. The topological polar surface area (TPSA) is 476 Å². The number of rotatable bonds is 17. The zero-order valence-electron chi connectivity index (χ0n) is 36.1. The highest BCUT2D eigenvalue weighted by atomic mass is 32.2. The number of ether oxygens (including phenoxy) is 1. The van der Waals surface area contributed by atoms with Gasteiger partial charge < -0.3 is 60.1 Å². The Hall–Kier alpha value is -5.74. The van der Waals surface area contributed by atoms with Gasteiger partial charge in [0.05, 0.1) is 30.5 Å². The Balaban J connectivity index is 1.10. The van der Waals surface area contributed by atoms with Gasteiger partial charge in [-0.1, -0.05) is 30.0 Å². The van der Waals surface area contributed by atoms with E-state index in [2.05, 4.69) is 35.3 Å². The van der Waals surface area contributed by atoms with Crippen LogP contribution in [0.5, 0.6) is 0 Å². The molecule has 3 aliphatic rings. The van der Waals surface area contributed by atoms with E-state index in [1.165, 1.54) is 48.3 Å². The molecule has 382 valence electrons. The number of phosphoric ester groups is 1. The van der Waals surface area contributed by atoms with Crippen molar-refractivity contribution in [1.29, 1.82) is 0 Å². The van der Waals surface area contributed by atoms with Crippen molar-refractivity contribution in [3.8, 4) is 34.3 Å². The number of benzene rings is 3. The fraction of sp³-hybridized carbons (Fsp3) is 0.270. The van der Waals surface area contributed by atoms with E-state index in [0.29, 0.717) is 0 Å². The second-order valence-electron chi connectivity index (χ2n) is 15.1. The summed E-state index contributed by atoms with van der Waals surface area (Å²) in [6.45, 7) is -1.26. The lowest BCUT2D eigenvalue weighted by Gasteiger charge is -2.23. The molecule has 0 spiro atoms. The fourth-order valence-electron chi connectivity index (χ4n) is 7.15. The van der Waals surface area contributed by atoms with E-state index in [0.717, 1.165) is 22.9 Å². The molecule has 34 heteroatoms. The molecule has 0 radical (unpaired) electrons. The standard InChI is InChI=1S/C37H40N7O22P3S2/c1-43(36(47)21-8-3-2-7-20(21)30-22-10-12-24(38)33(70(56,57)58)31(22)64-32-23(30)11-13-25(39)34(32)71(59,60)61)15-5-9-28(46)41-14-4-6-19-17-44(37(48)42-35(19)40)29-16-26(45)27(63-29)18-62-68(52,53)66-69(54,55)65-67(49,50)51/h2-3,7-8,10-13,17,26-27,29,38,45H,5,9,14-16,18,39H2,1H3,(H,41,46)(H,52,53)(H,54,55)(H2,40,42,48)(H2,49,50,51)(H,56,57,58)(H,59,60,61)/t26-,27+,29+/m0/s1. The van der Waals surface area contributed by atoms with Gasteiger partial charge in [-0.05, 0) is 36.2 Å². The van der Waals surface area contributed by atoms with Gasteiger partial charge in [0.2, 0.25) is 16.2 Å². The average molecular weight is 1090 g/mol. The summed E-state index contributed by atoms with van der Waals surface area (Å²) < 4.78 is 131. The number of fused-ring (bicyclic) bond motifs is 2. The first-order valence-corrected chi connectivity index (χ1v) is 27.2. The number of carbonyl (C=O) groups is 2. The van der Waals surface area contributed by atoms with Crippen LogP contribution in [0.1, 0.15) is 41.4 Å². The highest BCUT2D eigenvalue weighted by molar-refractivity contribution is 7.86. The van der Waals surface area contributed by atoms with Gasteiger partial charge >= 0.3 is 39.3 Å². The molecule has 2 unspecified atom stereocenters. The number of carbonyl (C=O) groups excluding carboxylic acids is 2. The minimum atomic E-state index is -5.82. The van der Waals surface area contributed by atoms with Gasteiger partial charge in [-0.3, -0.25) is 28.6 Å². The summed E-state index contributed by atoms with van der Waals surface area (Å²) in [5, 5.41) is 18.3. The normalized spacial score (nSPS) is 18.1. The minimum Gasteiger partial charge on any atom is -0.744 e. The van der Waals surface area contributed by atoms with E-state index in [1.807, 2.05) is 0 Å². The maximum atomic E-state index is 14.1. The lowest BCUT2D eigenvalue weighted by molar-refractivity contribution is -0.176. The number of amides is 2. The van der Waals surface area contributed by atoms with Gasteiger partial charge in [0.15, 0.2) is 11.3 Å². The second kappa shape index (κ2) is 20.8. The number of nitrogens with zero attached hydrogens (tertiary/aromatic N) is 3. The fourth-order valence-corrected chi connectivity index (χ4v) is 11.7. The molecule has 0 bridgehead atoms. The van der Waals surface area contributed by atoms with Crippen LogP contribution in [0, 0.1) is 11.8 Å². The molecule has 6 rings (SSSR count). The number of aliphatic hydroxyl groups excluding tert-OH is 1. The highest BCUT2D eigenvalue weighted by Gasteiger charge is 2.43. The Labute approximate surface area is 399 Å². The molecule has 3 heterocycles. The number of nitrogens with one attached hydrogen (secondary N) is 1. The van der Waals surface area contributed by atoms with Gasteiger partial charge in [-0.25, -0.2) is 26.9 Å². The molecule has 1 aliphatic carbocycles. The van der Waals surface area contributed by atoms with Gasteiger partial charge in [-0.15, -0.1) is 0 Å². The largest absolute Gasteiger partial charge is 0.744 e. The third-order valence-electron chi connectivity index (χ3n) is 10.1.